The zero-order chi connectivity index (χ0) is 16.2. The Balaban J connectivity index is 1.81. The summed E-state index contributed by atoms with van der Waals surface area (Å²) in [5.41, 5.74) is 2.42. The van der Waals surface area contributed by atoms with Crippen LogP contribution in [0.3, 0.4) is 0 Å². The van der Waals surface area contributed by atoms with Crippen molar-refractivity contribution >= 4 is 11.9 Å². The van der Waals surface area contributed by atoms with Crippen molar-refractivity contribution in [2.45, 2.75) is 26.0 Å². The van der Waals surface area contributed by atoms with E-state index < -0.39 is 0 Å². The Morgan fingerprint density at radius 3 is 2.70 bits per heavy atom. The molecule has 4 nitrogen and oxygen atoms in total. The Hall–Kier alpha value is -2.62. The van der Waals surface area contributed by atoms with Crippen LogP contribution in [0.25, 0.3) is 0 Å². The molecule has 118 valence electrons. The maximum absolute atomic E-state index is 12.0. The molecule has 0 bridgehead atoms. The molecule has 0 aliphatic carbocycles. The minimum absolute atomic E-state index is 0.00234. The monoisotopic (exact) mass is 309 g/mol. The molecule has 4 heteroatoms. The smallest absolute Gasteiger partial charge is 0.338 e. The first-order chi connectivity index (χ1) is 11.1. The van der Waals surface area contributed by atoms with Gasteiger partial charge in [-0.2, -0.15) is 0 Å². The van der Waals surface area contributed by atoms with Crippen LogP contribution in [0.2, 0.25) is 0 Å². The maximum atomic E-state index is 12.0. The third-order valence-electron chi connectivity index (χ3n) is 3.52. The minimum atomic E-state index is -0.333. The van der Waals surface area contributed by atoms with Crippen molar-refractivity contribution in [2.24, 2.45) is 4.99 Å². The van der Waals surface area contributed by atoms with E-state index in [1.807, 2.05) is 56.3 Å². The van der Waals surface area contributed by atoms with Crippen LogP contribution < -0.4 is 0 Å². The molecule has 0 radical (unpaired) electrons. The van der Waals surface area contributed by atoms with Crippen molar-refractivity contribution in [2.75, 3.05) is 6.61 Å². The predicted octanol–water partition coefficient (Wildman–Crippen LogP) is 3.77. The van der Waals surface area contributed by atoms with Crippen LogP contribution in [0, 0.1) is 0 Å². The molecule has 2 aromatic carbocycles. The zero-order valence-electron chi connectivity index (χ0n) is 13.2. The zero-order valence-corrected chi connectivity index (χ0v) is 13.2. The van der Waals surface area contributed by atoms with Gasteiger partial charge in [-0.25, -0.2) is 9.79 Å². The van der Waals surface area contributed by atoms with Gasteiger partial charge in [0.25, 0.3) is 0 Å². The SMILES string of the molecule is CC(C)OC(=O)c1cccc(C2=NC(c3ccccc3)CO2)c1. The van der Waals surface area contributed by atoms with Gasteiger partial charge in [-0.15, -0.1) is 0 Å². The fraction of sp³-hybridized carbons (Fsp3) is 0.263. The molecule has 23 heavy (non-hydrogen) atoms. The number of carbonyl (C=O) groups excluding carboxylic acids is 1. The van der Waals surface area contributed by atoms with E-state index in [-0.39, 0.29) is 18.1 Å². The Morgan fingerprint density at radius 1 is 1.17 bits per heavy atom. The highest BCUT2D eigenvalue weighted by Gasteiger charge is 2.22. The lowest BCUT2D eigenvalue weighted by atomic mass is 10.1. The van der Waals surface area contributed by atoms with Gasteiger partial charge in [-0.3, -0.25) is 0 Å². The molecule has 1 heterocycles. The van der Waals surface area contributed by atoms with E-state index in [1.54, 1.807) is 12.1 Å². The van der Waals surface area contributed by atoms with Crippen LogP contribution in [-0.4, -0.2) is 24.6 Å². The van der Waals surface area contributed by atoms with Crippen LogP contribution in [0.1, 0.15) is 41.4 Å². The van der Waals surface area contributed by atoms with Crippen molar-refractivity contribution in [3.8, 4) is 0 Å². The topological polar surface area (TPSA) is 47.9 Å². The number of aliphatic imine (C=N–C) groups is 1. The number of hydrogen-bond donors (Lipinski definition) is 0. The van der Waals surface area contributed by atoms with Gasteiger partial charge in [0.15, 0.2) is 0 Å². The third-order valence-corrected chi connectivity index (χ3v) is 3.52. The third kappa shape index (κ3) is 3.59. The summed E-state index contributed by atoms with van der Waals surface area (Å²) in [6, 6.07) is 17.2. The van der Waals surface area contributed by atoms with Crippen LogP contribution >= 0.6 is 0 Å². The highest BCUT2D eigenvalue weighted by atomic mass is 16.5. The summed E-state index contributed by atoms with van der Waals surface area (Å²) in [4.78, 5) is 16.6. The van der Waals surface area contributed by atoms with Gasteiger partial charge in [0.1, 0.15) is 12.6 Å². The number of hydrogen-bond acceptors (Lipinski definition) is 4. The normalized spacial score (nSPS) is 16.8. The van der Waals surface area contributed by atoms with Gasteiger partial charge in [-0.1, -0.05) is 36.4 Å². The summed E-state index contributed by atoms with van der Waals surface area (Å²) in [6.45, 7) is 4.17. The molecule has 1 aliphatic heterocycles. The average Bonchev–Trinajstić information content (AvgIpc) is 3.05. The van der Waals surface area contributed by atoms with E-state index in [4.69, 9.17) is 9.47 Å². The minimum Gasteiger partial charge on any atom is -0.475 e. The lowest BCUT2D eigenvalue weighted by Gasteiger charge is -2.08. The second kappa shape index (κ2) is 6.65. The lowest BCUT2D eigenvalue weighted by molar-refractivity contribution is 0.0378. The van der Waals surface area contributed by atoms with Crippen LogP contribution in [0.5, 0.6) is 0 Å². The molecule has 1 unspecified atom stereocenters. The van der Waals surface area contributed by atoms with E-state index in [2.05, 4.69) is 4.99 Å². The molecule has 0 saturated heterocycles. The number of carbonyl (C=O) groups is 1. The van der Waals surface area contributed by atoms with Gasteiger partial charge >= 0.3 is 5.97 Å². The molecule has 1 aliphatic rings. The summed E-state index contributed by atoms with van der Waals surface area (Å²) in [6.07, 6.45) is -0.145. The molecule has 1 atom stereocenters. The lowest BCUT2D eigenvalue weighted by Crippen LogP contribution is -2.12. The van der Waals surface area contributed by atoms with Gasteiger partial charge in [-0.05, 0) is 37.6 Å². The summed E-state index contributed by atoms with van der Waals surface area (Å²) < 4.78 is 10.9. The van der Waals surface area contributed by atoms with E-state index >= 15 is 0 Å². The van der Waals surface area contributed by atoms with Gasteiger partial charge in [0.2, 0.25) is 5.90 Å². The van der Waals surface area contributed by atoms with Crippen LogP contribution in [0.4, 0.5) is 0 Å². The second-order valence-corrected chi connectivity index (χ2v) is 5.71. The van der Waals surface area contributed by atoms with Gasteiger partial charge in [0.05, 0.1) is 11.7 Å². The first kappa shape index (κ1) is 15.3. The molecule has 3 rings (SSSR count). The molecule has 0 amide bonds. The van der Waals surface area contributed by atoms with E-state index in [0.29, 0.717) is 18.1 Å². The first-order valence-electron chi connectivity index (χ1n) is 7.70. The second-order valence-electron chi connectivity index (χ2n) is 5.71. The molecule has 0 N–H and O–H groups in total. The van der Waals surface area contributed by atoms with Crippen molar-refractivity contribution in [3.63, 3.8) is 0 Å². The Morgan fingerprint density at radius 2 is 1.96 bits per heavy atom. The van der Waals surface area contributed by atoms with E-state index in [9.17, 15) is 4.79 Å². The Kier molecular flexibility index (Phi) is 4.42. The fourth-order valence-corrected chi connectivity index (χ4v) is 2.44. The first-order valence-corrected chi connectivity index (χ1v) is 7.70. The number of rotatable bonds is 4. The number of benzene rings is 2. The summed E-state index contributed by atoms with van der Waals surface area (Å²) >= 11 is 0. The molecule has 0 spiro atoms. The largest absolute Gasteiger partial charge is 0.475 e. The maximum Gasteiger partial charge on any atom is 0.338 e. The number of esters is 1. The summed E-state index contributed by atoms with van der Waals surface area (Å²) in [7, 11) is 0. The molecule has 0 saturated carbocycles. The fourth-order valence-electron chi connectivity index (χ4n) is 2.44. The summed E-state index contributed by atoms with van der Waals surface area (Å²) in [5.74, 6) is 0.234. The van der Waals surface area contributed by atoms with Crippen molar-refractivity contribution in [1.82, 2.24) is 0 Å². The summed E-state index contributed by atoms with van der Waals surface area (Å²) in [5, 5.41) is 0. The highest BCUT2D eigenvalue weighted by Crippen LogP contribution is 2.25. The molecule has 0 aromatic heterocycles. The van der Waals surface area contributed by atoms with E-state index in [1.165, 1.54) is 0 Å². The van der Waals surface area contributed by atoms with Gasteiger partial charge < -0.3 is 9.47 Å². The molecular formula is C19H19NO3. The highest BCUT2D eigenvalue weighted by molar-refractivity contribution is 5.98. The average molecular weight is 309 g/mol. The van der Waals surface area contributed by atoms with Gasteiger partial charge in [0, 0.05) is 5.56 Å². The molecular weight excluding hydrogens is 290 g/mol. The Labute approximate surface area is 135 Å². The molecule has 2 aromatic rings. The quantitative estimate of drug-likeness (QED) is 0.808. The van der Waals surface area contributed by atoms with Crippen LogP contribution in [-0.2, 0) is 9.47 Å². The van der Waals surface area contributed by atoms with Crippen molar-refractivity contribution in [3.05, 3.63) is 71.3 Å². The van der Waals surface area contributed by atoms with E-state index in [0.717, 1.165) is 11.1 Å². The number of nitrogens with zero attached hydrogens (tertiary/aromatic N) is 1. The van der Waals surface area contributed by atoms with Crippen LogP contribution in [0.15, 0.2) is 59.6 Å². The standard InChI is InChI=1S/C19H19NO3/c1-13(2)23-19(21)16-10-6-9-15(11-16)18-20-17(12-22-18)14-7-4-3-5-8-14/h3-11,13,17H,12H2,1-2H3. The predicted molar refractivity (Wildman–Crippen MR) is 88.7 cm³/mol. The van der Waals surface area contributed by atoms with Crippen molar-refractivity contribution < 1.29 is 14.3 Å². The number of ether oxygens (including phenoxy) is 2. The Bertz CT molecular complexity index is 722. The van der Waals surface area contributed by atoms with Crippen molar-refractivity contribution in [1.29, 1.82) is 0 Å². The molecule has 0 fully saturated rings.